The normalized spacial score (nSPS) is 14.8. The molecule has 0 bridgehead atoms. The zero-order valence-corrected chi connectivity index (χ0v) is 37.3. The topological polar surface area (TPSA) is 37.4 Å². The molecule has 280 valence electrons. The number of fused-ring (bicyclic) bond motifs is 3. The summed E-state index contributed by atoms with van der Waals surface area (Å²) in [7, 11) is 2.22. The van der Waals surface area contributed by atoms with Gasteiger partial charge in [0.2, 0.25) is 0 Å². The molecule has 3 nitrogen and oxygen atoms in total. The molecule has 53 heavy (non-hydrogen) atoms. The van der Waals surface area contributed by atoms with Crippen molar-refractivity contribution in [1.29, 1.82) is 0 Å². The molecule has 0 spiro atoms. The van der Waals surface area contributed by atoms with Gasteiger partial charge in [-0.2, -0.15) is 12.5 Å². The van der Waals surface area contributed by atoms with Crippen molar-refractivity contribution in [3.8, 4) is 0 Å². The van der Waals surface area contributed by atoms with E-state index in [2.05, 4.69) is 132 Å². The molecule has 0 saturated carbocycles. The van der Waals surface area contributed by atoms with Gasteiger partial charge in [-0.05, 0) is 102 Å². The summed E-state index contributed by atoms with van der Waals surface area (Å²) in [4.78, 5) is 5.49. The minimum Gasteiger partial charge on any atom is -0.392 e. The van der Waals surface area contributed by atoms with E-state index in [0.29, 0.717) is 5.92 Å². The molecule has 2 N–H and O–H groups in total. The van der Waals surface area contributed by atoms with Crippen LogP contribution in [0.5, 0.6) is 0 Å². The van der Waals surface area contributed by atoms with E-state index in [1.165, 1.54) is 63.1 Å². The Morgan fingerprint density at radius 1 is 0.962 bits per heavy atom. The van der Waals surface area contributed by atoms with Gasteiger partial charge < -0.3 is 10.0 Å². The van der Waals surface area contributed by atoms with E-state index in [1.54, 1.807) is 0 Å². The van der Waals surface area contributed by atoms with Crippen LogP contribution in [0.25, 0.3) is 27.1 Å². The Bertz CT molecular complexity index is 1900. The molecule has 1 aliphatic carbocycles. The SMILES string of the molecule is C=[NH+]CCCC1=C/C(=C(\c2ccc3c([CH2-])c4ccccc4c(CO)c3c2)c2cc3c(cc2C)N(C)CCC3)C(C(C)CC)=CC1.CC.CC.CCC.[Na+]. The fourth-order valence-electron chi connectivity index (χ4n) is 7.54. The molecule has 1 heterocycles. The number of aliphatic hydroxyl groups excluding tert-OH is 1. The van der Waals surface area contributed by atoms with Crippen LogP contribution < -0.4 is 39.4 Å². The molecule has 4 aromatic carbocycles. The number of nitrogens with one attached hydrogen (secondary N) is 1. The molecule has 1 aliphatic heterocycles. The molecule has 6 rings (SSSR count). The molecular weight excluding hydrogens is 656 g/mol. The maximum absolute atomic E-state index is 10.7. The molecule has 4 aromatic rings. The first-order valence-electron chi connectivity index (χ1n) is 20.2. The minimum absolute atomic E-state index is 0. The zero-order valence-electron chi connectivity index (χ0n) is 35.3. The van der Waals surface area contributed by atoms with Crippen molar-refractivity contribution < 1.29 is 39.7 Å². The number of anilines is 1. The summed E-state index contributed by atoms with van der Waals surface area (Å²) in [6, 6.07) is 20.1. The first kappa shape index (κ1) is 46.1. The van der Waals surface area contributed by atoms with Gasteiger partial charge in [0.1, 0.15) is 13.3 Å². The van der Waals surface area contributed by atoms with E-state index >= 15 is 0 Å². The molecule has 4 heteroatoms. The van der Waals surface area contributed by atoms with Crippen LogP contribution in [0.3, 0.4) is 0 Å². The second kappa shape index (κ2) is 23.0. The summed E-state index contributed by atoms with van der Waals surface area (Å²) in [6.45, 7) is 29.5. The van der Waals surface area contributed by atoms with Gasteiger partial charge in [0, 0.05) is 25.7 Å². The first-order chi connectivity index (χ1) is 25.3. The minimum atomic E-state index is -0.0146. The van der Waals surface area contributed by atoms with Gasteiger partial charge in [-0.3, -0.25) is 4.99 Å². The smallest absolute Gasteiger partial charge is 0.392 e. The van der Waals surface area contributed by atoms with Crippen molar-refractivity contribution >= 4 is 39.5 Å². The predicted octanol–water partition coefficient (Wildman–Crippen LogP) is 8.50. The fraction of sp³-hybridized carbons (Fsp3) is 0.429. The quantitative estimate of drug-likeness (QED) is 0.0598. The maximum atomic E-state index is 10.7. The fourth-order valence-corrected chi connectivity index (χ4v) is 7.54. The third kappa shape index (κ3) is 10.6. The van der Waals surface area contributed by atoms with E-state index in [9.17, 15) is 5.11 Å². The van der Waals surface area contributed by atoms with E-state index in [0.717, 1.165) is 77.9 Å². The number of benzene rings is 4. The van der Waals surface area contributed by atoms with Crippen LogP contribution in [0.15, 0.2) is 83.5 Å². The van der Waals surface area contributed by atoms with Crippen LogP contribution in [0, 0.1) is 19.8 Å². The number of aryl methyl sites for hydroxylation is 2. The van der Waals surface area contributed by atoms with Crippen LogP contribution in [0.1, 0.15) is 127 Å². The number of hydrogen-bond acceptors (Lipinski definition) is 2. The van der Waals surface area contributed by atoms with Gasteiger partial charge in [0.05, 0.1) is 6.61 Å². The summed E-state index contributed by atoms with van der Waals surface area (Å²) in [5.41, 5.74) is 14.2. The zero-order chi connectivity index (χ0) is 38.4. The number of rotatable bonds is 9. The summed E-state index contributed by atoms with van der Waals surface area (Å²) in [6.07, 6.45) is 12.8. The monoisotopic (exact) mass is 724 g/mol. The molecule has 0 radical (unpaired) electrons. The van der Waals surface area contributed by atoms with Crippen molar-refractivity contribution in [2.75, 3.05) is 25.0 Å². The third-order valence-electron chi connectivity index (χ3n) is 10.2. The molecule has 0 aromatic heterocycles. The number of nitrogens with zero attached hydrogens (tertiary/aromatic N) is 1. The molecule has 0 fully saturated rings. The Hall–Kier alpha value is -3.08. The van der Waals surface area contributed by atoms with Crippen LogP contribution >= 0.6 is 0 Å². The Balaban J connectivity index is 0.00000114. The van der Waals surface area contributed by atoms with Crippen LogP contribution in [-0.4, -0.2) is 32.0 Å². The van der Waals surface area contributed by atoms with Crippen molar-refractivity contribution in [3.05, 3.63) is 124 Å². The van der Waals surface area contributed by atoms with Crippen LogP contribution in [-0.2, 0) is 13.0 Å². The molecule has 0 amide bonds. The van der Waals surface area contributed by atoms with Crippen LogP contribution in [0.4, 0.5) is 5.69 Å². The van der Waals surface area contributed by atoms with E-state index < -0.39 is 0 Å². The van der Waals surface area contributed by atoms with Gasteiger partial charge in [0.15, 0.2) is 0 Å². The van der Waals surface area contributed by atoms with Crippen molar-refractivity contribution in [3.63, 3.8) is 0 Å². The van der Waals surface area contributed by atoms with Gasteiger partial charge in [-0.1, -0.05) is 121 Å². The van der Waals surface area contributed by atoms with Gasteiger partial charge in [-0.15, -0.1) is 22.9 Å². The Kier molecular flexibility index (Phi) is 20.0. The molecule has 1 unspecified atom stereocenters. The van der Waals surface area contributed by atoms with Crippen LogP contribution in [0.2, 0.25) is 0 Å². The van der Waals surface area contributed by atoms with Crippen molar-refractivity contribution in [1.82, 2.24) is 0 Å². The molecule has 0 saturated heterocycles. The summed E-state index contributed by atoms with van der Waals surface area (Å²) < 4.78 is 0. The number of allylic oxidation sites excluding steroid dienone is 5. The maximum Gasteiger partial charge on any atom is 1.00 e. The molecular formula is C49H68N2NaO+. The summed E-state index contributed by atoms with van der Waals surface area (Å²) in [5, 5.41) is 15.1. The number of aliphatic hydroxyl groups is 1. The van der Waals surface area contributed by atoms with Gasteiger partial charge >= 0.3 is 29.6 Å². The molecule has 2 aliphatic rings. The summed E-state index contributed by atoms with van der Waals surface area (Å²) >= 11 is 0. The second-order valence-electron chi connectivity index (χ2n) is 13.8. The molecule has 1 atom stereocenters. The second-order valence-corrected chi connectivity index (χ2v) is 13.8. The largest absolute Gasteiger partial charge is 1.00 e. The van der Waals surface area contributed by atoms with Gasteiger partial charge in [-0.25, -0.2) is 0 Å². The summed E-state index contributed by atoms with van der Waals surface area (Å²) in [5.74, 6) is 0.447. The van der Waals surface area contributed by atoms with E-state index in [1.807, 2.05) is 27.7 Å². The Morgan fingerprint density at radius 2 is 1.62 bits per heavy atom. The average Bonchev–Trinajstić information content (AvgIpc) is 3.17. The number of hydrogen-bond donors (Lipinski definition) is 2. The third-order valence-corrected chi connectivity index (χ3v) is 10.2. The first-order valence-corrected chi connectivity index (χ1v) is 20.2. The Morgan fingerprint density at radius 3 is 2.26 bits per heavy atom. The van der Waals surface area contributed by atoms with E-state index in [-0.39, 0.29) is 36.2 Å². The van der Waals surface area contributed by atoms with Crippen molar-refractivity contribution in [2.24, 2.45) is 5.92 Å². The standard InChI is InChI=1S/C42H47N2O.C3H8.2C2H6.Na/c1-7-27(2)33-18-16-30(12-10-20-43-5)23-39(33)42(37-24-31-13-11-21-44(6)41(31)22-28(37)3)32-17-19-35-29(4)34-14-8-9-15-36(34)40(26-45)38(35)25-32;1-3-2;2*1-2;/h8-9,14-15,17-19,22-25,27,45H,4-5,7,10-13,16,20-21,26H2,1-3,6H3;3H2,1-2H3;2*1-2H3;/q-1;;;;+1/p+1/b42-39-;;;;. The predicted molar refractivity (Wildman–Crippen MR) is 232 cm³/mol. The van der Waals surface area contributed by atoms with E-state index in [4.69, 9.17) is 0 Å². The van der Waals surface area contributed by atoms with Crippen molar-refractivity contribution in [2.45, 2.75) is 114 Å². The average molecular weight is 724 g/mol. The van der Waals surface area contributed by atoms with Gasteiger partial charge in [0.25, 0.3) is 0 Å². The Labute approximate surface area is 345 Å².